The predicted molar refractivity (Wildman–Crippen MR) is 119 cm³/mol. The molecule has 3 rings (SSSR count). The number of ketones is 1. The van der Waals surface area contributed by atoms with Crippen molar-refractivity contribution < 1.29 is 4.79 Å². The Labute approximate surface area is 178 Å². The van der Waals surface area contributed by atoms with Crippen LogP contribution in [0.2, 0.25) is 5.02 Å². The van der Waals surface area contributed by atoms with Crippen LogP contribution in [0.1, 0.15) is 31.9 Å². The Balaban J connectivity index is 1.83. The monoisotopic (exact) mass is 430 g/mol. The summed E-state index contributed by atoms with van der Waals surface area (Å²) in [5, 5.41) is 6.07. The largest absolute Gasteiger partial charge is 0.323 e. The molecule has 0 spiro atoms. The normalized spacial score (nSPS) is 10.6. The molecule has 144 valence electrons. The molecule has 0 atom stereocenters. The van der Waals surface area contributed by atoms with Gasteiger partial charge in [0.1, 0.15) is 5.00 Å². The van der Waals surface area contributed by atoms with E-state index in [2.05, 4.69) is 10.3 Å². The van der Waals surface area contributed by atoms with Crippen molar-refractivity contribution >= 4 is 51.1 Å². The zero-order valence-electron chi connectivity index (χ0n) is 15.4. The Morgan fingerprint density at radius 3 is 2.79 bits per heavy atom. The van der Waals surface area contributed by atoms with E-state index in [0.29, 0.717) is 32.8 Å². The van der Waals surface area contributed by atoms with Crippen molar-refractivity contribution in [1.82, 2.24) is 9.99 Å². The number of aryl methyl sites for hydroxylation is 1. The summed E-state index contributed by atoms with van der Waals surface area (Å²) in [5.74, 6) is 6.00. The van der Waals surface area contributed by atoms with Gasteiger partial charge in [0, 0.05) is 27.9 Å². The lowest BCUT2D eigenvalue weighted by Crippen LogP contribution is -2.39. The van der Waals surface area contributed by atoms with Gasteiger partial charge < -0.3 is 5.32 Å². The lowest BCUT2D eigenvalue weighted by atomic mass is 10.0. The van der Waals surface area contributed by atoms with Gasteiger partial charge in [-0.2, -0.15) is 0 Å². The number of hydrazine groups is 1. The van der Waals surface area contributed by atoms with Crippen LogP contribution < -0.4 is 11.2 Å². The van der Waals surface area contributed by atoms with Crippen molar-refractivity contribution in [1.29, 1.82) is 0 Å². The summed E-state index contributed by atoms with van der Waals surface area (Å²) in [5.41, 5.74) is 2.96. The van der Waals surface area contributed by atoms with E-state index >= 15 is 0 Å². The number of thiocarbonyl (C=S) groups is 1. The summed E-state index contributed by atoms with van der Waals surface area (Å²) in [4.78, 5) is 18.2. The first-order valence-electron chi connectivity index (χ1n) is 8.49. The quantitative estimate of drug-likeness (QED) is 0.264. The van der Waals surface area contributed by atoms with Gasteiger partial charge in [-0.1, -0.05) is 29.8 Å². The van der Waals surface area contributed by atoms with Crippen LogP contribution in [0.5, 0.6) is 0 Å². The molecular formula is C20H19ClN4OS2. The van der Waals surface area contributed by atoms with Crippen LogP contribution >= 0.6 is 35.2 Å². The third kappa shape index (κ3) is 4.56. The summed E-state index contributed by atoms with van der Waals surface area (Å²) in [6, 6.07) is 10.7. The van der Waals surface area contributed by atoms with E-state index < -0.39 is 0 Å². The molecule has 1 aromatic carbocycles. The number of hydrogen-bond donors (Lipinski definition) is 2. The van der Waals surface area contributed by atoms with Gasteiger partial charge in [-0.15, -0.1) is 11.3 Å². The molecule has 0 aliphatic heterocycles. The summed E-state index contributed by atoms with van der Waals surface area (Å²) < 4.78 is 0. The van der Waals surface area contributed by atoms with Crippen molar-refractivity contribution in [2.45, 2.75) is 20.4 Å². The molecule has 28 heavy (non-hydrogen) atoms. The fourth-order valence-electron chi connectivity index (χ4n) is 2.69. The standard InChI is InChI=1S/C20H19ClN4OS2/c1-12-13(2)28-19(17(12)18(26)15-6-3-7-16(21)9-15)24-20(27)25(22)11-14-5-4-8-23-10-14/h3-10H,11,22H2,1-2H3,(H,24,27). The number of nitrogens with one attached hydrogen (secondary N) is 1. The molecular weight excluding hydrogens is 412 g/mol. The van der Waals surface area contributed by atoms with Gasteiger partial charge >= 0.3 is 0 Å². The second-order valence-corrected chi connectivity index (χ2v) is 8.29. The number of halogens is 1. The Morgan fingerprint density at radius 1 is 1.32 bits per heavy atom. The van der Waals surface area contributed by atoms with Gasteiger partial charge in [0.05, 0.1) is 12.1 Å². The number of hydrogen-bond acceptors (Lipinski definition) is 5. The van der Waals surface area contributed by atoms with Crippen molar-refractivity contribution in [3.63, 3.8) is 0 Å². The minimum absolute atomic E-state index is 0.106. The van der Waals surface area contributed by atoms with Crippen LogP contribution in [0.4, 0.5) is 5.00 Å². The first-order valence-corrected chi connectivity index (χ1v) is 10.1. The third-order valence-electron chi connectivity index (χ3n) is 4.26. The zero-order chi connectivity index (χ0) is 20.3. The average Bonchev–Trinajstić information content (AvgIpc) is 2.95. The first-order chi connectivity index (χ1) is 13.4. The molecule has 0 bridgehead atoms. The van der Waals surface area contributed by atoms with Gasteiger partial charge in [0.25, 0.3) is 0 Å². The molecule has 3 aromatic rings. The molecule has 0 aliphatic rings. The highest BCUT2D eigenvalue weighted by molar-refractivity contribution is 7.80. The molecule has 0 saturated heterocycles. The Bertz CT molecular complexity index is 1020. The molecule has 2 heterocycles. The number of carbonyl (C=O) groups excluding carboxylic acids is 1. The molecule has 0 amide bonds. The highest BCUT2D eigenvalue weighted by Gasteiger charge is 2.22. The number of nitrogens with zero attached hydrogens (tertiary/aromatic N) is 2. The molecule has 5 nitrogen and oxygen atoms in total. The van der Waals surface area contributed by atoms with Gasteiger partial charge in [-0.25, -0.2) is 5.84 Å². The average molecular weight is 431 g/mol. The van der Waals surface area contributed by atoms with Gasteiger partial charge in [0.2, 0.25) is 0 Å². The summed E-state index contributed by atoms with van der Waals surface area (Å²) in [6.45, 7) is 4.30. The van der Waals surface area contributed by atoms with Crippen molar-refractivity contribution in [3.8, 4) is 0 Å². The Kier molecular flexibility index (Phi) is 6.41. The number of carbonyl (C=O) groups is 1. The third-order valence-corrected chi connectivity index (χ3v) is 5.95. The molecule has 0 unspecified atom stereocenters. The number of nitrogens with two attached hydrogens (primary N) is 1. The number of pyridine rings is 1. The maximum absolute atomic E-state index is 13.1. The lowest BCUT2D eigenvalue weighted by Gasteiger charge is -2.20. The van der Waals surface area contributed by atoms with Gasteiger partial charge in [-0.3, -0.25) is 14.8 Å². The SMILES string of the molecule is Cc1sc(NC(=S)N(N)Cc2cccnc2)c(C(=O)c2cccc(Cl)c2)c1C. The van der Waals surface area contributed by atoms with E-state index in [9.17, 15) is 4.79 Å². The zero-order valence-corrected chi connectivity index (χ0v) is 17.8. The molecule has 0 aliphatic carbocycles. The Hall–Kier alpha value is -2.32. The van der Waals surface area contributed by atoms with E-state index in [1.54, 1.807) is 36.7 Å². The number of benzene rings is 1. The maximum Gasteiger partial charge on any atom is 0.196 e. The maximum atomic E-state index is 13.1. The molecule has 3 N–H and O–H groups in total. The van der Waals surface area contributed by atoms with Crippen LogP contribution in [0, 0.1) is 13.8 Å². The number of anilines is 1. The smallest absolute Gasteiger partial charge is 0.196 e. The minimum Gasteiger partial charge on any atom is -0.323 e. The summed E-state index contributed by atoms with van der Waals surface area (Å²) in [6.07, 6.45) is 3.43. The molecule has 8 heteroatoms. The molecule has 0 saturated carbocycles. The van der Waals surface area contributed by atoms with Crippen molar-refractivity contribution in [2.75, 3.05) is 5.32 Å². The number of rotatable bonds is 5. The first kappa shape index (κ1) is 20.4. The highest BCUT2D eigenvalue weighted by Crippen LogP contribution is 2.34. The predicted octanol–water partition coefficient (Wildman–Crippen LogP) is 4.72. The van der Waals surface area contributed by atoms with E-state index in [-0.39, 0.29) is 5.78 Å². The van der Waals surface area contributed by atoms with Crippen LogP contribution in [-0.2, 0) is 6.54 Å². The highest BCUT2D eigenvalue weighted by atomic mass is 35.5. The molecule has 2 aromatic heterocycles. The number of aromatic nitrogens is 1. The summed E-state index contributed by atoms with van der Waals surface area (Å²) >= 11 is 13.0. The minimum atomic E-state index is -0.106. The van der Waals surface area contributed by atoms with Crippen LogP contribution in [0.3, 0.4) is 0 Å². The Morgan fingerprint density at radius 2 is 2.11 bits per heavy atom. The van der Waals surface area contributed by atoms with E-state index in [1.807, 2.05) is 26.0 Å². The lowest BCUT2D eigenvalue weighted by molar-refractivity contribution is 0.103. The van der Waals surface area contributed by atoms with E-state index in [0.717, 1.165) is 16.0 Å². The van der Waals surface area contributed by atoms with Crippen molar-refractivity contribution in [3.05, 3.63) is 80.9 Å². The topological polar surface area (TPSA) is 71.2 Å². The summed E-state index contributed by atoms with van der Waals surface area (Å²) in [7, 11) is 0. The molecule has 0 radical (unpaired) electrons. The van der Waals surface area contributed by atoms with Crippen LogP contribution in [-0.4, -0.2) is 20.9 Å². The second-order valence-electron chi connectivity index (χ2n) is 6.25. The van der Waals surface area contributed by atoms with Crippen molar-refractivity contribution in [2.24, 2.45) is 5.84 Å². The second kappa shape index (κ2) is 8.79. The van der Waals surface area contributed by atoms with Crippen LogP contribution in [0.25, 0.3) is 0 Å². The van der Waals surface area contributed by atoms with Gasteiger partial charge in [-0.05, 0) is 55.4 Å². The van der Waals surface area contributed by atoms with E-state index in [4.69, 9.17) is 29.7 Å². The fraction of sp³-hybridized carbons (Fsp3) is 0.150. The van der Waals surface area contributed by atoms with Crippen LogP contribution in [0.15, 0.2) is 48.8 Å². The number of thiophene rings is 1. The van der Waals surface area contributed by atoms with Gasteiger partial charge in [0.15, 0.2) is 10.9 Å². The van der Waals surface area contributed by atoms with E-state index in [1.165, 1.54) is 16.3 Å². The molecule has 0 fully saturated rings. The fourth-order valence-corrected chi connectivity index (χ4v) is 4.17.